The third-order valence-electron chi connectivity index (χ3n) is 3.15. The molecule has 5 heteroatoms. The molecule has 0 spiro atoms. The van der Waals surface area contributed by atoms with E-state index < -0.39 is 0 Å². The van der Waals surface area contributed by atoms with Crippen LogP contribution in [-0.2, 0) is 0 Å². The Hall–Kier alpha value is -1.26. The van der Waals surface area contributed by atoms with Crippen LogP contribution < -0.4 is 5.73 Å². The maximum atomic E-state index is 6.25. The first kappa shape index (κ1) is 13.2. The fourth-order valence-corrected chi connectivity index (χ4v) is 2.38. The van der Waals surface area contributed by atoms with E-state index in [2.05, 4.69) is 14.8 Å². The molecule has 1 aliphatic rings. The molecule has 1 aromatic carbocycles. The van der Waals surface area contributed by atoms with Crippen LogP contribution in [0.25, 0.3) is 0 Å². The van der Waals surface area contributed by atoms with Gasteiger partial charge < -0.3 is 15.5 Å². The molecule has 0 radical (unpaired) electrons. The van der Waals surface area contributed by atoms with E-state index in [9.17, 15) is 0 Å². The fourth-order valence-electron chi connectivity index (χ4n) is 2.12. The van der Waals surface area contributed by atoms with Crippen LogP contribution in [0.15, 0.2) is 29.3 Å². The van der Waals surface area contributed by atoms with Crippen molar-refractivity contribution < 1.29 is 0 Å². The summed E-state index contributed by atoms with van der Waals surface area (Å²) in [6.45, 7) is 2.48. The van der Waals surface area contributed by atoms with Crippen molar-refractivity contribution in [3.63, 3.8) is 0 Å². The quantitative estimate of drug-likeness (QED) is 0.900. The van der Waals surface area contributed by atoms with Gasteiger partial charge in [-0.25, -0.2) is 0 Å². The first-order valence-corrected chi connectivity index (χ1v) is 6.43. The second-order valence-electron chi connectivity index (χ2n) is 4.73. The fraction of sp³-hybridized carbons (Fsp3) is 0.462. The van der Waals surface area contributed by atoms with Crippen LogP contribution in [0.3, 0.4) is 0 Å². The van der Waals surface area contributed by atoms with E-state index in [1.807, 2.05) is 38.4 Å². The molecule has 0 aromatic heterocycles. The number of rotatable bonds is 4. The van der Waals surface area contributed by atoms with Crippen LogP contribution in [0, 0.1) is 0 Å². The Labute approximate surface area is 113 Å². The molecule has 18 heavy (non-hydrogen) atoms. The van der Waals surface area contributed by atoms with Crippen LogP contribution in [0.2, 0.25) is 5.02 Å². The van der Waals surface area contributed by atoms with E-state index in [4.69, 9.17) is 17.3 Å². The molecule has 4 nitrogen and oxygen atoms in total. The number of nitrogens with two attached hydrogens (primary N) is 1. The lowest BCUT2D eigenvalue weighted by Gasteiger charge is -2.28. The molecule has 1 aromatic rings. The summed E-state index contributed by atoms with van der Waals surface area (Å²) in [4.78, 5) is 8.60. The van der Waals surface area contributed by atoms with Crippen molar-refractivity contribution in [2.24, 2.45) is 10.7 Å². The largest absolute Gasteiger partial charge is 0.370 e. The molecular weight excluding hydrogens is 248 g/mol. The molecule has 1 aliphatic heterocycles. The Morgan fingerprint density at radius 1 is 1.44 bits per heavy atom. The summed E-state index contributed by atoms with van der Waals surface area (Å²) in [5, 5.41) is 0.780. The Balaban J connectivity index is 2.15. The molecule has 1 unspecified atom stereocenters. The molecular formula is C13H19ClN4. The van der Waals surface area contributed by atoms with Crippen molar-refractivity contribution in [2.75, 3.05) is 33.7 Å². The number of benzene rings is 1. The van der Waals surface area contributed by atoms with Gasteiger partial charge in [0.25, 0.3) is 0 Å². The van der Waals surface area contributed by atoms with Crippen molar-refractivity contribution in [1.82, 2.24) is 9.80 Å². The minimum Gasteiger partial charge on any atom is -0.370 e. The lowest BCUT2D eigenvalue weighted by Crippen LogP contribution is -2.40. The number of hydrogen-bond donors (Lipinski definition) is 1. The zero-order valence-corrected chi connectivity index (χ0v) is 11.6. The minimum absolute atomic E-state index is 0.165. The van der Waals surface area contributed by atoms with Gasteiger partial charge in [0.15, 0.2) is 5.96 Å². The number of hydrogen-bond acceptors (Lipinski definition) is 4. The normalized spacial score (nSPS) is 19.4. The van der Waals surface area contributed by atoms with E-state index in [0.717, 1.165) is 23.7 Å². The molecule has 0 amide bonds. The van der Waals surface area contributed by atoms with E-state index in [0.29, 0.717) is 12.5 Å². The van der Waals surface area contributed by atoms with Crippen LogP contribution in [0.4, 0.5) is 0 Å². The lowest BCUT2D eigenvalue weighted by atomic mass is 10.1. The minimum atomic E-state index is 0.165. The van der Waals surface area contributed by atoms with Gasteiger partial charge in [0.2, 0.25) is 0 Å². The predicted molar refractivity (Wildman–Crippen MR) is 75.9 cm³/mol. The highest BCUT2D eigenvalue weighted by molar-refractivity contribution is 6.31. The first-order chi connectivity index (χ1) is 8.59. The van der Waals surface area contributed by atoms with Crippen LogP contribution in [-0.4, -0.2) is 49.5 Å². The maximum Gasteiger partial charge on any atom is 0.191 e. The van der Waals surface area contributed by atoms with Gasteiger partial charge in [0.1, 0.15) is 0 Å². The molecule has 2 N–H and O–H groups in total. The van der Waals surface area contributed by atoms with E-state index in [1.54, 1.807) is 0 Å². The van der Waals surface area contributed by atoms with Crippen LogP contribution in [0.1, 0.15) is 11.6 Å². The molecule has 0 fully saturated rings. The molecule has 0 saturated heterocycles. The number of halogens is 1. The monoisotopic (exact) mass is 266 g/mol. The van der Waals surface area contributed by atoms with Gasteiger partial charge in [-0.3, -0.25) is 4.99 Å². The van der Waals surface area contributed by atoms with E-state index in [1.165, 1.54) is 0 Å². The Morgan fingerprint density at radius 2 is 2.17 bits per heavy atom. The van der Waals surface area contributed by atoms with Gasteiger partial charge in [-0.05, 0) is 25.7 Å². The molecule has 0 aliphatic carbocycles. The summed E-state index contributed by atoms with van der Waals surface area (Å²) in [5.41, 5.74) is 7.06. The average molecular weight is 267 g/mol. The molecule has 1 heterocycles. The van der Waals surface area contributed by atoms with Crippen molar-refractivity contribution in [1.29, 1.82) is 0 Å². The summed E-state index contributed by atoms with van der Waals surface area (Å²) in [5.74, 6) is 0.613. The molecule has 98 valence electrons. The highest BCUT2D eigenvalue weighted by Crippen LogP contribution is 2.30. The number of nitrogens with zero attached hydrogens (tertiary/aromatic N) is 3. The van der Waals surface area contributed by atoms with Gasteiger partial charge in [-0.2, -0.15) is 0 Å². The third kappa shape index (κ3) is 2.76. The topological polar surface area (TPSA) is 44.9 Å². The summed E-state index contributed by atoms with van der Waals surface area (Å²) in [6.07, 6.45) is 0. The maximum absolute atomic E-state index is 6.25. The SMILES string of the molecule is CN(C)CCN1C(N)=NCC1c1ccccc1Cl. The summed E-state index contributed by atoms with van der Waals surface area (Å²) < 4.78 is 0. The van der Waals surface area contributed by atoms with Crippen LogP contribution >= 0.6 is 11.6 Å². The highest BCUT2D eigenvalue weighted by atomic mass is 35.5. The number of guanidine groups is 1. The van der Waals surface area contributed by atoms with Gasteiger partial charge >= 0.3 is 0 Å². The van der Waals surface area contributed by atoms with Gasteiger partial charge in [-0.15, -0.1) is 0 Å². The second-order valence-corrected chi connectivity index (χ2v) is 5.14. The van der Waals surface area contributed by atoms with E-state index >= 15 is 0 Å². The standard InChI is InChI=1S/C13H19ClN4/c1-17(2)7-8-18-12(9-16-13(18)15)10-5-3-4-6-11(10)14/h3-6,12H,7-9H2,1-2H3,(H2,15,16). The van der Waals surface area contributed by atoms with Crippen molar-refractivity contribution in [3.8, 4) is 0 Å². The Bertz CT molecular complexity index is 444. The Kier molecular flexibility index (Phi) is 4.09. The first-order valence-electron chi connectivity index (χ1n) is 6.05. The number of likely N-dealkylation sites (N-methyl/N-ethyl adjacent to an activating group) is 1. The van der Waals surface area contributed by atoms with Gasteiger partial charge in [0, 0.05) is 18.1 Å². The predicted octanol–water partition coefficient (Wildman–Crippen LogP) is 1.57. The van der Waals surface area contributed by atoms with Crippen molar-refractivity contribution in [3.05, 3.63) is 34.9 Å². The molecule has 0 bridgehead atoms. The zero-order valence-electron chi connectivity index (χ0n) is 10.8. The van der Waals surface area contributed by atoms with Crippen molar-refractivity contribution in [2.45, 2.75) is 6.04 Å². The zero-order chi connectivity index (χ0) is 13.1. The molecule has 1 atom stereocenters. The average Bonchev–Trinajstić information content (AvgIpc) is 2.68. The third-order valence-corrected chi connectivity index (χ3v) is 3.49. The molecule has 2 rings (SSSR count). The lowest BCUT2D eigenvalue weighted by molar-refractivity contribution is 0.293. The summed E-state index contributed by atoms with van der Waals surface area (Å²) >= 11 is 6.25. The van der Waals surface area contributed by atoms with Gasteiger partial charge in [-0.1, -0.05) is 29.8 Å². The highest BCUT2D eigenvalue weighted by Gasteiger charge is 2.28. The summed E-state index contributed by atoms with van der Waals surface area (Å²) in [7, 11) is 4.10. The Morgan fingerprint density at radius 3 is 2.83 bits per heavy atom. The van der Waals surface area contributed by atoms with Gasteiger partial charge in [0.05, 0.1) is 12.6 Å². The molecule has 0 saturated carbocycles. The number of aliphatic imine (C=N–C) groups is 1. The van der Waals surface area contributed by atoms with Crippen molar-refractivity contribution >= 4 is 17.6 Å². The summed E-state index contributed by atoms with van der Waals surface area (Å²) in [6, 6.07) is 8.06. The van der Waals surface area contributed by atoms with Crippen LogP contribution in [0.5, 0.6) is 0 Å². The smallest absolute Gasteiger partial charge is 0.191 e. The second kappa shape index (κ2) is 5.59. The van der Waals surface area contributed by atoms with E-state index in [-0.39, 0.29) is 6.04 Å².